The van der Waals surface area contributed by atoms with Crippen molar-refractivity contribution in [1.82, 2.24) is 5.32 Å². The Balaban J connectivity index is 1.53. The Morgan fingerprint density at radius 1 is 1.05 bits per heavy atom. The number of benzene rings is 1. The molecule has 0 spiro atoms. The quantitative estimate of drug-likeness (QED) is 0.816. The van der Waals surface area contributed by atoms with Crippen LogP contribution in [0.3, 0.4) is 0 Å². The molecule has 116 valence electrons. The fraction of sp³-hybridized carbons (Fsp3) is 0.700. The maximum absolute atomic E-state index is 4.01. The molecule has 0 aromatic heterocycles. The smallest absolute Gasteiger partial charge is 0.0100 e. The van der Waals surface area contributed by atoms with Gasteiger partial charge in [-0.2, -0.15) is 0 Å². The molecular formula is C20H31N. The molecular weight excluding hydrogens is 254 g/mol. The molecule has 3 rings (SSSR count). The van der Waals surface area contributed by atoms with Gasteiger partial charge >= 0.3 is 0 Å². The lowest BCUT2D eigenvalue weighted by Gasteiger charge is -2.43. The van der Waals surface area contributed by atoms with Crippen LogP contribution in [0.2, 0.25) is 0 Å². The normalized spacial score (nSPS) is 33.0. The van der Waals surface area contributed by atoms with Crippen molar-refractivity contribution >= 4 is 0 Å². The Hall–Kier alpha value is -0.820. The molecule has 0 heterocycles. The largest absolute Gasteiger partial charge is 0.311 e. The Labute approximate surface area is 130 Å². The minimum absolute atomic E-state index is 0.763. The van der Waals surface area contributed by atoms with Crippen molar-refractivity contribution in [3.05, 3.63) is 35.4 Å². The Bertz CT molecular complexity index is 459. The second kappa shape index (κ2) is 6.52. The van der Waals surface area contributed by atoms with Gasteiger partial charge in [0.25, 0.3) is 0 Å². The van der Waals surface area contributed by atoms with Crippen LogP contribution < -0.4 is 5.32 Å². The van der Waals surface area contributed by atoms with Crippen LogP contribution in [0.15, 0.2) is 24.3 Å². The van der Waals surface area contributed by atoms with Crippen molar-refractivity contribution in [3.8, 4) is 0 Å². The third-order valence-electron chi connectivity index (χ3n) is 5.89. The summed E-state index contributed by atoms with van der Waals surface area (Å²) in [5.41, 5.74) is 3.05. The molecule has 0 amide bonds. The summed E-state index contributed by atoms with van der Waals surface area (Å²) in [6, 6.07) is 10.5. The fourth-order valence-corrected chi connectivity index (χ4v) is 4.52. The molecule has 21 heavy (non-hydrogen) atoms. The SMILES string of the molecule is Cc1ccccc1C1CC(NC2CCCCC2C(C)C)C1. The minimum Gasteiger partial charge on any atom is -0.311 e. The molecule has 0 radical (unpaired) electrons. The average molecular weight is 285 g/mol. The standard InChI is InChI=1S/C20H31N/c1-14(2)18-9-6-7-11-20(18)21-17-12-16(13-17)19-10-5-4-8-15(19)3/h4-5,8,10,14,16-18,20-21H,6-7,9,11-13H2,1-3H3. The van der Waals surface area contributed by atoms with Crippen molar-refractivity contribution in [3.63, 3.8) is 0 Å². The summed E-state index contributed by atoms with van der Waals surface area (Å²) in [7, 11) is 0. The van der Waals surface area contributed by atoms with Crippen LogP contribution in [-0.2, 0) is 0 Å². The third kappa shape index (κ3) is 3.34. The minimum atomic E-state index is 0.763. The summed E-state index contributed by atoms with van der Waals surface area (Å²) in [6.07, 6.45) is 8.38. The molecule has 2 unspecified atom stereocenters. The van der Waals surface area contributed by atoms with E-state index in [4.69, 9.17) is 0 Å². The van der Waals surface area contributed by atoms with Gasteiger partial charge in [0.2, 0.25) is 0 Å². The van der Waals surface area contributed by atoms with E-state index in [1.807, 2.05) is 0 Å². The van der Waals surface area contributed by atoms with Gasteiger partial charge in [-0.3, -0.25) is 0 Å². The van der Waals surface area contributed by atoms with Crippen LogP contribution in [0.1, 0.15) is 69.4 Å². The summed E-state index contributed by atoms with van der Waals surface area (Å²) in [5.74, 6) is 2.52. The number of rotatable bonds is 4. The van der Waals surface area contributed by atoms with E-state index in [1.54, 1.807) is 5.56 Å². The lowest BCUT2D eigenvalue weighted by atomic mass is 9.72. The van der Waals surface area contributed by atoms with Crippen LogP contribution in [0.4, 0.5) is 0 Å². The fourth-order valence-electron chi connectivity index (χ4n) is 4.52. The first-order chi connectivity index (χ1) is 10.1. The Morgan fingerprint density at radius 3 is 2.48 bits per heavy atom. The molecule has 2 aliphatic rings. The van der Waals surface area contributed by atoms with E-state index in [2.05, 4.69) is 50.4 Å². The second-order valence-electron chi connectivity index (χ2n) is 7.69. The van der Waals surface area contributed by atoms with Gasteiger partial charge in [-0.15, -0.1) is 0 Å². The van der Waals surface area contributed by atoms with Crippen molar-refractivity contribution < 1.29 is 0 Å². The average Bonchev–Trinajstić information content (AvgIpc) is 2.44. The number of aryl methyl sites for hydroxylation is 1. The van der Waals surface area contributed by atoms with Crippen LogP contribution in [0.25, 0.3) is 0 Å². The molecule has 0 aliphatic heterocycles. The van der Waals surface area contributed by atoms with Crippen molar-refractivity contribution in [1.29, 1.82) is 0 Å². The lowest BCUT2D eigenvalue weighted by molar-refractivity contribution is 0.160. The Kier molecular flexibility index (Phi) is 4.69. The summed E-state index contributed by atoms with van der Waals surface area (Å²) in [4.78, 5) is 0. The van der Waals surface area contributed by atoms with Crippen LogP contribution in [0.5, 0.6) is 0 Å². The molecule has 0 saturated heterocycles. The highest BCUT2D eigenvalue weighted by Gasteiger charge is 2.35. The van der Waals surface area contributed by atoms with Gasteiger partial charge in [-0.1, -0.05) is 51.0 Å². The van der Waals surface area contributed by atoms with E-state index in [0.717, 1.165) is 29.8 Å². The van der Waals surface area contributed by atoms with Crippen molar-refractivity contribution in [2.45, 2.75) is 77.3 Å². The zero-order chi connectivity index (χ0) is 14.8. The monoisotopic (exact) mass is 285 g/mol. The number of hydrogen-bond donors (Lipinski definition) is 1. The van der Waals surface area contributed by atoms with E-state index in [9.17, 15) is 0 Å². The molecule has 2 aliphatic carbocycles. The molecule has 1 aromatic carbocycles. The van der Waals surface area contributed by atoms with Gasteiger partial charge in [0, 0.05) is 12.1 Å². The topological polar surface area (TPSA) is 12.0 Å². The molecule has 1 heteroatoms. The Morgan fingerprint density at radius 2 is 1.76 bits per heavy atom. The molecule has 2 fully saturated rings. The van der Waals surface area contributed by atoms with E-state index in [1.165, 1.54) is 44.1 Å². The van der Waals surface area contributed by atoms with Gasteiger partial charge in [0.05, 0.1) is 0 Å². The van der Waals surface area contributed by atoms with Crippen LogP contribution >= 0.6 is 0 Å². The molecule has 0 bridgehead atoms. The van der Waals surface area contributed by atoms with Gasteiger partial charge in [-0.25, -0.2) is 0 Å². The second-order valence-corrected chi connectivity index (χ2v) is 7.69. The highest BCUT2D eigenvalue weighted by molar-refractivity contribution is 5.31. The highest BCUT2D eigenvalue weighted by Crippen LogP contribution is 2.40. The molecule has 1 nitrogen and oxygen atoms in total. The number of hydrogen-bond acceptors (Lipinski definition) is 1. The first kappa shape index (κ1) is 15.1. The van der Waals surface area contributed by atoms with Crippen LogP contribution in [0, 0.1) is 18.8 Å². The first-order valence-electron chi connectivity index (χ1n) is 8.96. The van der Waals surface area contributed by atoms with E-state index in [-0.39, 0.29) is 0 Å². The van der Waals surface area contributed by atoms with E-state index < -0.39 is 0 Å². The van der Waals surface area contributed by atoms with Gasteiger partial charge in [0.1, 0.15) is 0 Å². The number of nitrogens with one attached hydrogen (secondary N) is 1. The van der Waals surface area contributed by atoms with Crippen LogP contribution in [-0.4, -0.2) is 12.1 Å². The zero-order valence-electron chi connectivity index (χ0n) is 13.9. The van der Waals surface area contributed by atoms with Gasteiger partial charge in [0.15, 0.2) is 0 Å². The van der Waals surface area contributed by atoms with Gasteiger partial charge in [-0.05, 0) is 61.5 Å². The predicted molar refractivity (Wildman–Crippen MR) is 90.7 cm³/mol. The molecule has 1 aromatic rings. The van der Waals surface area contributed by atoms with E-state index >= 15 is 0 Å². The molecule has 1 N–H and O–H groups in total. The first-order valence-corrected chi connectivity index (χ1v) is 8.96. The maximum Gasteiger partial charge on any atom is 0.0100 e. The lowest BCUT2D eigenvalue weighted by Crippen LogP contribution is -2.50. The predicted octanol–water partition coefficient (Wildman–Crippen LogP) is 5.05. The molecule has 2 atom stereocenters. The van der Waals surface area contributed by atoms with E-state index in [0.29, 0.717) is 0 Å². The highest BCUT2D eigenvalue weighted by atomic mass is 15.0. The third-order valence-corrected chi connectivity index (χ3v) is 5.89. The summed E-state index contributed by atoms with van der Waals surface area (Å²) >= 11 is 0. The maximum atomic E-state index is 4.01. The van der Waals surface area contributed by atoms with Crippen molar-refractivity contribution in [2.75, 3.05) is 0 Å². The van der Waals surface area contributed by atoms with Crippen molar-refractivity contribution in [2.24, 2.45) is 11.8 Å². The molecule has 2 saturated carbocycles. The summed E-state index contributed by atoms with van der Waals surface area (Å²) < 4.78 is 0. The van der Waals surface area contributed by atoms with Gasteiger partial charge < -0.3 is 5.32 Å². The zero-order valence-corrected chi connectivity index (χ0v) is 13.9. The summed E-state index contributed by atoms with van der Waals surface area (Å²) in [6.45, 7) is 7.06. The summed E-state index contributed by atoms with van der Waals surface area (Å²) in [5, 5.41) is 4.01.